The Morgan fingerprint density at radius 3 is 2.33 bits per heavy atom. The summed E-state index contributed by atoms with van der Waals surface area (Å²) in [5, 5.41) is 2.52. The molecule has 7 nitrogen and oxygen atoms in total. The lowest BCUT2D eigenvalue weighted by atomic mass is 10.2. The maximum absolute atomic E-state index is 12.1. The molecule has 1 aliphatic heterocycles. The first-order valence-electron chi connectivity index (χ1n) is 6.76. The number of hydrogen-bond acceptors (Lipinski definition) is 4. The number of aromatic nitrogens is 1. The van der Waals surface area contributed by atoms with E-state index in [-0.39, 0.29) is 5.91 Å². The van der Waals surface area contributed by atoms with E-state index in [9.17, 15) is 14.4 Å². The van der Waals surface area contributed by atoms with Gasteiger partial charge in [0.2, 0.25) is 5.91 Å². The number of pyridine rings is 1. The van der Waals surface area contributed by atoms with Gasteiger partial charge in [0.15, 0.2) is 0 Å². The summed E-state index contributed by atoms with van der Waals surface area (Å²) in [5.41, 5.74) is 0.792. The third-order valence-electron chi connectivity index (χ3n) is 3.45. The average Bonchev–Trinajstić information content (AvgIpc) is 2.49. The minimum absolute atomic E-state index is 0.0179. The Morgan fingerprint density at radius 1 is 1.14 bits per heavy atom. The SMILES string of the molecule is CC(=O)N1CCN(C(=O)C(=O)Nc2ncccc2C)CC1. The number of nitrogens with one attached hydrogen (secondary N) is 1. The molecule has 1 saturated heterocycles. The van der Waals surface area contributed by atoms with E-state index in [1.807, 2.05) is 0 Å². The Morgan fingerprint density at radius 2 is 1.76 bits per heavy atom. The van der Waals surface area contributed by atoms with Gasteiger partial charge in [-0.3, -0.25) is 14.4 Å². The quantitative estimate of drug-likeness (QED) is 0.739. The van der Waals surface area contributed by atoms with Gasteiger partial charge in [0.1, 0.15) is 5.82 Å². The highest BCUT2D eigenvalue weighted by atomic mass is 16.2. The number of nitrogens with zero attached hydrogens (tertiary/aromatic N) is 3. The number of amides is 3. The average molecular weight is 290 g/mol. The predicted octanol–water partition coefficient (Wildman–Crippen LogP) is 0.0192. The molecule has 112 valence electrons. The van der Waals surface area contributed by atoms with Gasteiger partial charge >= 0.3 is 11.8 Å². The highest BCUT2D eigenvalue weighted by Gasteiger charge is 2.27. The Labute approximate surface area is 122 Å². The molecular formula is C14H18N4O3. The lowest BCUT2D eigenvalue weighted by molar-refractivity contribution is -0.145. The van der Waals surface area contributed by atoms with Crippen molar-refractivity contribution in [3.8, 4) is 0 Å². The monoisotopic (exact) mass is 290 g/mol. The fourth-order valence-electron chi connectivity index (χ4n) is 2.15. The third kappa shape index (κ3) is 3.56. The second-order valence-corrected chi connectivity index (χ2v) is 4.92. The first-order valence-corrected chi connectivity index (χ1v) is 6.76. The normalized spacial score (nSPS) is 14.8. The summed E-state index contributed by atoms with van der Waals surface area (Å²) in [5.74, 6) is -0.926. The standard InChI is InChI=1S/C14H18N4O3/c1-10-4-3-5-15-12(10)16-13(20)14(21)18-8-6-17(7-9-18)11(2)19/h3-5H,6-9H2,1-2H3,(H,15,16,20). The molecule has 0 aliphatic carbocycles. The Balaban J connectivity index is 1.93. The van der Waals surface area contributed by atoms with Crippen molar-refractivity contribution in [2.75, 3.05) is 31.5 Å². The second-order valence-electron chi connectivity index (χ2n) is 4.92. The first-order chi connectivity index (χ1) is 9.99. The Kier molecular flexibility index (Phi) is 4.52. The van der Waals surface area contributed by atoms with Gasteiger partial charge in [0.05, 0.1) is 0 Å². The fourth-order valence-corrected chi connectivity index (χ4v) is 2.15. The molecule has 0 spiro atoms. The van der Waals surface area contributed by atoms with Crippen LogP contribution in [0.2, 0.25) is 0 Å². The van der Waals surface area contributed by atoms with Crippen LogP contribution in [0.5, 0.6) is 0 Å². The smallest absolute Gasteiger partial charge is 0.315 e. The van der Waals surface area contributed by atoms with Gasteiger partial charge < -0.3 is 15.1 Å². The van der Waals surface area contributed by atoms with E-state index in [2.05, 4.69) is 10.3 Å². The zero-order valence-electron chi connectivity index (χ0n) is 12.1. The molecule has 2 rings (SSSR count). The van der Waals surface area contributed by atoms with Gasteiger partial charge in [-0.05, 0) is 18.6 Å². The molecule has 0 saturated carbocycles. The van der Waals surface area contributed by atoms with Crippen LogP contribution in [0.3, 0.4) is 0 Å². The second kappa shape index (κ2) is 6.34. The van der Waals surface area contributed by atoms with Crippen LogP contribution in [0.1, 0.15) is 12.5 Å². The van der Waals surface area contributed by atoms with Crippen molar-refractivity contribution in [3.05, 3.63) is 23.9 Å². The molecule has 0 unspecified atom stereocenters. The summed E-state index contributed by atoms with van der Waals surface area (Å²) in [7, 11) is 0. The van der Waals surface area contributed by atoms with Crippen LogP contribution in [0.15, 0.2) is 18.3 Å². The number of carbonyl (C=O) groups is 3. The molecule has 0 bridgehead atoms. The van der Waals surface area contributed by atoms with E-state index in [1.54, 1.807) is 30.2 Å². The third-order valence-corrected chi connectivity index (χ3v) is 3.45. The number of hydrogen-bond donors (Lipinski definition) is 1. The van der Waals surface area contributed by atoms with Gasteiger partial charge in [-0.1, -0.05) is 6.07 Å². The van der Waals surface area contributed by atoms with Crippen molar-refractivity contribution < 1.29 is 14.4 Å². The van der Waals surface area contributed by atoms with E-state index in [0.29, 0.717) is 32.0 Å². The molecule has 0 atom stereocenters. The summed E-state index contributed by atoms with van der Waals surface area (Å²) in [6.45, 7) is 4.95. The highest BCUT2D eigenvalue weighted by molar-refractivity contribution is 6.39. The summed E-state index contributed by atoms with van der Waals surface area (Å²) >= 11 is 0. The minimum atomic E-state index is -0.701. The lowest BCUT2D eigenvalue weighted by Crippen LogP contribution is -2.52. The number of aryl methyl sites for hydroxylation is 1. The van der Waals surface area contributed by atoms with Crippen LogP contribution in [-0.2, 0) is 14.4 Å². The van der Waals surface area contributed by atoms with E-state index < -0.39 is 11.8 Å². The first kappa shape index (κ1) is 15.0. The van der Waals surface area contributed by atoms with Gasteiger partial charge in [0.25, 0.3) is 0 Å². The molecule has 21 heavy (non-hydrogen) atoms. The number of carbonyl (C=O) groups excluding carboxylic acids is 3. The number of rotatable bonds is 1. The predicted molar refractivity (Wildman–Crippen MR) is 76.4 cm³/mol. The van der Waals surface area contributed by atoms with Crippen LogP contribution < -0.4 is 5.32 Å². The molecule has 3 amide bonds. The molecule has 1 aromatic heterocycles. The van der Waals surface area contributed by atoms with Gasteiger partial charge in [0, 0.05) is 39.3 Å². The maximum atomic E-state index is 12.1. The van der Waals surface area contributed by atoms with Crippen LogP contribution in [-0.4, -0.2) is 58.7 Å². The van der Waals surface area contributed by atoms with Crippen molar-refractivity contribution in [2.45, 2.75) is 13.8 Å². The van der Waals surface area contributed by atoms with E-state index in [1.165, 1.54) is 11.8 Å². The van der Waals surface area contributed by atoms with Gasteiger partial charge in [-0.2, -0.15) is 0 Å². The van der Waals surface area contributed by atoms with Crippen LogP contribution in [0.4, 0.5) is 5.82 Å². The topological polar surface area (TPSA) is 82.6 Å². The van der Waals surface area contributed by atoms with Crippen LogP contribution in [0.25, 0.3) is 0 Å². The fraction of sp³-hybridized carbons (Fsp3) is 0.429. The summed E-state index contributed by atoms with van der Waals surface area (Å²) in [6, 6.07) is 3.56. The number of piperazine rings is 1. The van der Waals surface area contributed by atoms with Crippen molar-refractivity contribution in [1.29, 1.82) is 0 Å². The molecule has 0 aromatic carbocycles. The summed E-state index contributed by atoms with van der Waals surface area (Å²) in [4.78, 5) is 42.4. The van der Waals surface area contributed by atoms with Crippen LogP contribution >= 0.6 is 0 Å². The zero-order chi connectivity index (χ0) is 15.4. The van der Waals surface area contributed by atoms with Gasteiger partial charge in [-0.25, -0.2) is 4.98 Å². The lowest BCUT2D eigenvalue weighted by Gasteiger charge is -2.33. The van der Waals surface area contributed by atoms with Crippen molar-refractivity contribution in [2.24, 2.45) is 0 Å². The largest absolute Gasteiger partial charge is 0.339 e. The molecule has 1 aliphatic rings. The molecule has 0 radical (unpaired) electrons. The minimum Gasteiger partial charge on any atom is -0.339 e. The molecule has 1 aromatic rings. The summed E-state index contributed by atoms with van der Waals surface area (Å²) in [6.07, 6.45) is 1.55. The van der Waals surface area contributed by atoms with Crippen molar-refractivity contribution in [3.63, 3.8) is 0 Å². The van der Waals surface area contributed by atoms with Crippen molar-refractivity contribution in [1.82, 2.24) is 14.8 Å². The van der Waals surface area contributed by atoms with E-state index in [0.717, 1.165) is 5.56 Å². The van der Waals surface area contributed by atoms with E-state index in [4.69, 9.17) is 0 Å². The van der Waals surface area contributed by atoms with Crippen LogP contribution in [0, 0.1) is 6.92 Å². The molecule has 1 N–H and O–H groups in total. The van der Waals surface area contributed by atoms with E-state index >= 15 is 0 Å². The molecule has 2 heterocycles. The summed E-state index contributed by atoms with van der Waals surface area (Å²) < 4.78 is 0. The maximum Gasteiger partial charge on any atom is 0.315 e. The Bertz CT molecular complexity index is 565. The molecule has 1 fully saturated rings. The number of anilines is 1. The van der Waals surface area contributed by atoms with Gasteiger partial charge in [-0.15, -0.1) is 0 Å². The zero-order valence-corrected chi connectivity index (χ0v) is 12.1. The Hall–Kier alpha value is -2.44. The molecule has 7 heteroatoms. The molecular weight excluding hydrogens is 272 g/mol. The van der Waals surface area contributed by atoms with Crippen molar-refractivity contribution >= 4 is 23.5 Å². The highest BCUT2D eigenvalue weighted by Crippen LogP contribution is 2.10.